The summed E-state index contributed by atoms with van der Waals surface area (Å²) in [5.41, 5.74) is -0.871. The third-order valence-electron chi connectivity index (χ3n) is 2.11. The fourth-order valence-corrected chi connectivity index (χ4v) is 1.22. The minimum absolute atomic E-state index is 0.164. The van der Waals surface area contributed by atoms with Crippen LogP contribution in [0.4, 0.5) is 13.2 Å². The van der Waals surface area contributed by atoms with Crippen LogP contribution >= 0.6 is 0 Å². The molecule has 3 nitrogen and oxygen atoms in total. The lowest BCUT2D eigenvalue weighted by Gasteiger charge is -2.23. The van der Waals surface area contributed by atoms with Crippen molar-refractivity contribution in [1.82, 2.24) is 0 Å². The molecule has 1 rings (SSSR count). The van der Waals surface area contributed by atoms with E-state index in [9.17, 15) is 13.2 Å². The Morgan fingerprint density at radius 2 is 1.94 bits per heavy atom. The molecule has 0 radical (unpaired) electrons. The van der Waals surface area contributed by atoms with E-state index < -0.39 is 18.0 Å². The largest absolute Gasteiger partial charge is 0.435 e. The van der Waals surface area contributed by atoms with E-state index in [2.05, 4.69) is 9.57 Å². The highest BCUT2D eigenvalue weighted by atomic mass is 19.3. The number of rotatable bonds is 4. The molecule has 0 spiro atoms. The molecule has 1 aromatic carbocycles. The summed E-state index contributed by atoms with van der Waals surface area (Å²) in [4.78, 5) is 4.60. The van der Waals surface area contributed by atoms with E-state index in [-0.39, 0.29) is 11.3 Å². The van der Waals surface area contributed by atoms with E-state index in [4.69, 9.17) is 5.90 Å². The second kappa shape index (κ2) is 4.71. The standard InChI is InChI=1S/C10H12F3NO2/c1-10(2,16-14)7-4-3-6(5-8(7)11)15-9(12)13/h3-5,9H,14H2,1-2H3. The molecule has 0 fully saturated rings. The van der Waals surface area contributed by atoms with Gasteiger partial charge in [-0.05, 0) is 26.0 Å². The topological polar surface area (TPSA) is 44.5 Å². The molecule has 0 amide bonds. The maximum Gasteiger partial charge on any atom is 0.387 e. The van der Waals surface area contributed by atoms with Gasteiger partial charge in [0.25, 0.3) is 0 Å². The van der Waals surface area contributed by atoms with Crippen molar-refractivity contribution < 1.29 is 22.7 Å². The van der Waals surface area contributed by atoms with Crippen molar-refractivity contribution in [2.45, 2.75) is 26.1 Å². The molecule has 0 bridgehead atoms. The van der Waals surface area contributed by atoms with Crippen molar-refractivity contribution in [3.63, 3.8) is 0 Å². The fraction of sp³-hybridized carbons (Fsp3) is 0.400. The predicted molar refractivity (Wildman–Crippen MR) is 51.3 cm³/mol. The van der Waals surface area contributed by atoms with E-state index in [1.54, 1.807) is 13.8 Å². The molecule has 0 saturated heterocycles. The molecule has 0 aliphatic carbocycles. The second-order valence-corrected chi connectivity index (χ2v) is 3.65. The Morgan fingerprint density at radius 1 is 1.31 bits per heavy atom. The van der Waals surface area contributed by atoms with Crippen LogP contribution in [0.2, 0.25) is 0 Å². The number of hydrogen-bond acceptors (Lipinski definition) is 3. The molecule has 6 heteroatoms. The Labute approximate surface area is 90.9 Å². The van der Waals surface area contributed by atoms with Crippen molar-refractivity contribution in [2.75, 3.05) is 0 Å². The summed E-state index contributed by atoms with van der Waals surface area (Å²) in [6.45, 7) is 0.127. The Balaban J connectivity index is 3.00. The van der Waals surface area contributed by atoms with Crippen molar-refractivity contribution >= 4 is 0 Å². The molecule has 0 aliphatic rings. The highest BCUT2D eigenvalue weighted by Crippen LogP contribution is 2.28. The normalized spacial score (nSPS) is 11.9. The van der Waals surface area contributed by atoms with Crippen LogP contribution < -0.4 is 10.6 Å². The van der Waals surface area contributed by atoms with Gasteiger partial charge in [-0.2, -0.15) is 8.78 Å². The lowest BCUT2D eigenvalue weighted by molar-refractivity contribution is -0.0503. The van der Waals surface area contributed by atoms with Crippen LogP contribution in [-0.4, -0.2) is 6.61 Å². The summed E-state index contributed by atoms with van der Waals surface area (Å²) in [5.74, 6) is 4.05. The van der Waals surface area contributed by atoms with Crippen LogP contribution in [0.1, 0.15) is 19.4 Å². The van der Waals surface area contributed by atoms with Crippen LogP contribution in [0.3, 0.4) is 0 Å². The van der Waals surface area contributed by atoms with E-state index in [1.165, 1.54) is 12.1 Å². The first-order valence-electron chi connectivity index (χ1n) is 4.49. The maximum absolute atomic E-state index is 13.5. The van der Waals surface area contributed by atoms with Gasteiger partial charge >= 0.3 is 6.61 Å². The molecule has 0 aromatic heterocycles. The van der Waals surface area contributed by atoms with Gasteiger partial charge in [-0.25, -0.2) is 10.3 Å². The van der Waals surface area contributed by atoms with Crippen molar-refractivity contribution in [1.29, 1.82) is 0 Å². The molecule has 0 aliphatic heterocycles. The number of benzene rings is 1. The quantitative estimate of drug-likeness (QED) is 0.815. The summed E-state index contributed by atoms with van der Waals surface area (Å²) >= 11 is 0. The van der Waals surface area contributed by atoms with Crippen molar-refractivity contribution in [3.05, 3.63) is 29.6 Å². The van der Waals surface area contributed by atoms with Gasteiger partial charge < -0.3 is 4.74 Å². The Bertz CT molecular complexity index is 369. The first kappa shape index (κ1) is 12.8. The fourth-order valence-electron chi connectivity index (χ4n) is 1.22. The monoisotopic (exact) mass is 235 g/mol. The molecular weight excluding hydrogens is 223 g/mol. The highest BCUT2D eigenvalue weighted by Gasteiger charge is 2.24. The Hall–Kier alpha value is -1.27. The summed E-state index contributed by atoms with van der Waals surface area (Å²) in [7, 11) is 0. The molecule has 0 saturated carbocycles. The second-order valence-electron chi connectivity index (χ2n) is 3.65. The molecular formula is C10H12F3NO2. The first-order chi connectivity index (χ1) is 7.36. The van der Waals surface area contributed by atoms with Gasteiger partial charge in [-0.1, -0.05) is 0 Å². The molecule has 16 heavy (non-hydrogen) atoms. The Kier molecular flexibility index (Phi) is 3.77. The molecule has 0 unspecified atom stereocenters. The van der Waals surface area contributed by atoms with Gasteiger partial charge in [0.15, 0.2) is 0 Å². The third-order valence-corrected chi connectivity index (χ3v) is 2.11. The third kappa shape index (κ3) is 2.86. The average Bonchev–Trinajstić information content (AvgIpc) is 2.16. The van der Waals surface area contributed by atoms with E-state index in [1.807, 2.05) is 0 Å². The SMILES string of the molecule is CC(C)(ON)c1ccc(OC(F)F)cc1F. The molecule has 2 N–H and O–H groups in total. The van der Waals surface area contributed by atoms with Crippen molar-refractivity contribution in [2.24, 2.45) is 5.90 Å². The summed E-state index contributed by atoms with van der Waals surface area (Å²) in [6.07, 6.45) is 0. The molecule has 90 valence electrons. The number of halogens is 3. The van der Waals surface area contributed by atoms with Crippen LogP contribution in [0.25, 0.3) is 0 Å². The lowest BCUT2D eigenvalue weighted by atomic mass is 9.97. The summed E-state index contributed by atoms with van der Waals surface area (Å²) < 4.78 is 41.3. The van der Waals surface area contributed by atoms with Gasteiger partial charge in [0, 0.05) is 11.6 Å². The minimum Gasteiger partial charge on any atom is -0.435 e. The zero-order chi connectivity index (χ0) is 12.3. The lowest BCUT2D eigenvalue weighted by Crippen LogP contribution is -2.26. The van der Waals surface area contributed by atoms with Crippen LogP contribution in [0, 0.1) is 5.82 Å². The van der Waals surface area contributed by atoms with Crippen LogP contribution in [0.5, 0.6) is 5.75 Å². The Morgan fingerprint density at radius 3 is 2.38 bits per heavy atom. The minimum atomic E-state index is -2.98. The predicted octanol–water partition coefficient (Wildman–Crippen LogP) is 2.55. The maximum atomic E-state index is 13.5. The zero-order valence-electron chi connectivity index (χ0n) is 8.84. The molecule has 0 heterocycles. The molecule has 1 aromatic rings. The smallest absolute Gasteiger partial charge is 0.387 e. The average molecular weight is 235 g/mol. The number of nitrogens with two attached hydrogens (primary N) is 1. The first-order valence-corrected chi connectivity index (χ1v) is 4.49. The number of alkyl halides is 2. The van der Waals surface area contributed by atoms with Gasteiger partial charge in [0.2, 0.25) is 0 Å². The zero-order valence-corrected chi connectivity index (χ0v) is 8.84. The van der Waals surface area contributed by atoms with Gasteiger partial charge in [0.1, 0.15) is 17.2 Å². The van der Waals surface area contributed by atoms with Gasteiger partial charge in [-0.3, -0.25) is 4.84 Å². The number of ether oxygens (including phenoxy) is 1. The van der Waals surface area contributed by atoms with E-state index in [0.717, 1.165) is 6.07 Å². The van der Waals surface area contributed by atoms with E-state index in [0.29, 0.717) is 0 Å². The summed E-state index contributed by atoms with van der Waals surface area (Å²) in [6, 6.07) is 3.38. The molecule has 0 atom stereocenters. The van der Waals surface area contributed by atoms with Gasteiger partial charge in [0.05, 0.1) is 0 Å². The van der Waals surface area contributed by atoms with Crippen molar-refractivity contribution in [3.8, 4) is 5.75 Å². The summed E-state index contributed by atoms with van der Waals surface area (Å²) in [5, 5.41) is 0. The van der Waals surface area contributed by atoms with Gasteiger partial charge in [-0.15, -0.1) is 0 Å². The van der Waals surface area contributed by atoms with Crippen LogP contribution in [0.15, 0.2) is 18.2 Å². The van der Waals surface area contributed by atoms with Crippen LogP contribution in [-0.2, 0) is 10.4 Å². The number of hydrogen-bond donors (Lipinski definition) is 1. The van der Waals surface area contributed by atoms with E-state index >= 15 is 0 Å². The highest BCUT2D eigenvalue weighted by molar-refractivity contribution is 5.32.